The molecule has 0 saturated carbocycles. The molecule has 0 fully saturated rings. The number of rotatable bonds is 8. The minimum Gasteiger partial charge on any atom is -0.394 e. The van der Waals surface area contributed by atoms with Crippen molar-refractivity contribution in [2.45, 2.75) is 32.4 Å². The molecule has 1 aromatic rings. The molecular weight excluding hydrogens is 232 g/mol. The third-order valence-corrected chi connectivity index (χ3v) is 2.99. The van der Waals surface area contributed by atoms with Gasteiger partial charge in [0.2, 0.25) is 0 Å². The van der Waals surface area contributed by atoms with Gasteiger partial charge >= 0.3 is 0 Å². The van der Waals surface area contributed by atoms with Crippen LogP contribution in [0.1, 0.15) is 18.6 Å². The Labute approximate surface area is 109 Å². The fourth-order valence-corrected chi connectivity index (χ4v) is 1.60. The van der Waals surface area contributed by atoms with Crippen LogP contribution in [-0.2, 0) is 24.1 Å². The average Bonchev–Trinajstić information content (AvgIpc) is 2.69. The molecule has 0 amide bonds. The van der Waals surface area contributed by atoms with Crippen LogP contribution in [0.5, 0.6) is 0 Å². The third-order valence-electron chi connectivity index (χ3n) is 2.99. The van der Waals surface area contributed by atoms with Crippen LogP contribution in [0.15, 0.2) is 0 Å². The fraction of sp³-hybridized carbons (Fsp3) is 0.833. The molecule has 0 spiro atoms. The lowest BCUT2D eigenvalue weighted by Gasteiger charge is -2.19. The molecule has 6 nitrogen and oxygen atoms in total. The maximum atomic E-state index is 9.05. The Morgan fingerprint density at radius 3 is 2.72 bits per heavy atom. The van der Waals surface area contributed by atoms with Gasteiger partial charge in [-0.1, -0.05) is 0 Å². The molecule has 0 bridgehead atoms. The molecule has 1 rings (SSSR count). The van der Waals surface area contributed by atoms with E-state index >= 15 is 0 Å². The number of nitrogens with zero attached hydrogens (tertiary/aromatic N) is 4. The highest BCUT2D eigenvalue weighted by Crippen LogP contribution is 2.06. The molecule has 0 aliphatic heterocycles. The van der Waals surface area contributed by atoms with Crippen molar-refractivity contribution >= 4 is 0 Å². The number of aliphatic hydroxyl groups is 1. The van der Waals surface area contributed by atoms with E-state index in [9.17, 15) is 0 Å². The van der Waals surface area contributed by atoms with Crippen LogP contribution in [-0.4, -0.2) is 65.2 Å². The van der Waals surface area contributed by atoms with Crippen LogP contribution >= 0.6 is 0 Å². The number of methoxy groups -OCH3 is 1. The van der Waals surface area contributed by atoms with Gasteiger partial charge in [-0.25, -0.2) is 9.67 Å². The lowest BCUT2D eigenvalue weighted by atomic mass is 10.2. The second-order valence-corrected chi connectivity index (χ2v) is 4.65. The summed E-state index contributed by atoms with van der Waals surface area (Å²) in [5.74, 6) is 1.71. The molecule has 18 heavy (non-hydrogen) atoms. The largest absolute Gasteiger partial charge is 0.394 e. The highest BCUT2D eigenvalue weighted by molar-refractivity contribution is 4.96. The Bertz CT molecular complexity index is 352. The lowest BCUT2D eigenvalue weighted by Crippen LogP contribution is -2.28. The van der Waals surface area contributed by atoms with E-state index in [0.29, 0.717) is 25.6 Å². The second-order valence-electron chi connectivity index (χ2n) is 4.65. The summed E-state index contributed by atoms with van der Waals surface area (Å²) in [6.45, 7) is 3.34. The minimum absolute atomic E-state index is 0.0798. The Morgan fingerprint density at radius 2 is 2.17 bits per heavy atom. The van der Waals surface area contributed by atoms with Gasteiger partial charge in [-0.15, -0.1) is 0 Å². The average molecular weight is 256 g/mol. The number of hydrogen-bond donors (Lipinski definition) is 1. The van der Waals surface area contributed by atoms with Crippen molar-refractivity contribution in [3.05, 3.63) is 11.6 Å². The van der Waals surface area contributed by atoms with Crippen LogP contribution in [0, 0.1) is 0 Å². The van der Waals surface area contributed by atoms with Crippen LogP contribution in [0.3, 0.4) is 0 Å². The summed E-state index contributed by atoms with van der Waals surface area (Å²) in [4.78, 5) is 6.67. The van der Waals surface area contributed by atoms with Gasteiger partial charge in [0.15, 0.2) is 5.82 Å². The van der Waals surface area contributed by atoms with E-state index in [4.69, 9.17) is 9.84 Å². The highest BCUT2D eigenvalue weighted by atomic mass is 16.5. The molecule has 6 heteroatoms. The van der Waals surface area contributed by atoms with Gasteiger partial charge in [-0.05, 0) is 21.0 Å². The van der Waals surface area contributed by atoms with Crippen molar-refractivity contribution in [2.24, 2.45) is 0 Å². The van der Waals surface area contributed by atoms with E-state index in [2.05, 4.69) is 21.9 Å². The normalized spacial score (nSPS) is 13.2. The predicted molar refractivity (Wildman–Crippen MR) is 69.5 cm³/mol. The van der Waals surface area contributed by atoms with E-state index in [1.165, 1.54) is 0 Å². The summed E-state index contributed by atoms with van der Waals surface area (Å²) in [6, 6.07) is 0.391. The van der Waals surface area contributed by atoms with Gasteiger partial charge in [0.25, 0.3) is 0 Å². The molecule has 1 atom stereocenters. The summed E-state index contributed by atoms with van der Waals surface area (Å²) in [5, 5.41) is 13.4. The molecule has 0 aromatic carbocycles. The number of aliphatic hydroxyl groups excluding tert-OH is 1. The molecule has 0 unspecified atom stereocenters. The number of aromatic nitrogens is 3. The van der Waals surface area contributed by atoms with E-state index in [1.807, 2.05) is 14.1 Å². The van der Waals surface area contributed by atoms with Crippen molar-refractivity contribution in [3.63, 3.8) is 0 Å². The Hall–Kier alpha value is -0.980. The minimum atomic E-state index is 0.0798. The standard InChI is InChI=1S/C12H24N4O2/c1-10(15(2)3)9-12-13-11(5-8-18-4)14-16(12)6-7-17/h10,17H,5-9H2,1-4H3/t10-/m0/s1. The van der Waals surface area contributed by atoms with Gasteiger partial charge in [0.05, 0.1) is 19.8 Å². The summed E-state index contributed by atoms with van der Waals surface area (Å²) < 4.78 is 6.82. The first kappa shape index (κ1) is 15.1. The van der Waals surface area contributed by atoms with Crippen molar-refractivity contribution in [1.29, 1.82) is 0 Å². The van der Waals surface area contributed by atoms with E-state index < -0.39 is 0 Å². The first-order valence-corrected chi connectivity index (χ1v) is 6.27. The topological polar surface area (TPSA) is 63.4 Å². The zero-order valence-electron chi connectivity index (χ0n) is 11.8. The first-order chi connectivity index (χ1) is 8.58. The molecule has 0 saturated heterocycles. The SMILES string of the molecule is COCCc1nc(C[C@H](C)N(C)C)n(CCO)n1. The molecule has 1 N–H and O–H groups in total. The van der Waals surface area contributed by atoms with E-state index in [1.54, 1.807) is 11.8 Å². The molecule has 104 valence electrons. The monoisotopic (exact) mass is 256 g/mol. The summed E-state index contributed by atoms with van der Waals surface area (Å²) in [5.41, 5.74) is 0. The number of hydrogen-bond acceptors (Lipinski definition) is 5. The van der Waals surface area contributed by atoms with Gasteiger partial charge in [0.1, 0.15) is 5.82 Å². The van der Waals surface area contributed by atoms with Gasteiger partial charge < -0.3 is 14.7 Å². The maximum Gasteiger partial charge on any atom is 0.153 e. The van der Waals surface area contributed by atoms with Crippen LogP contribution in [0.2, 0.25) is 0 Å². The Morgan fingerprint density at radius 1 is 1.44 bits per heavy atom. The zero-order valence-corrected chi connectivity index (χ0v) is 11.8. The molecule has 0 aliphatic rings. The van der Waals surface area contributed by atoms with Crippen molar-refractivity contribution in [2.75, 3.05) is 34.4 Å². The van der Waals surface area contributed by atoms with E-state index in [-0.39, 0.29) is 6.61 Å². The molecule has 0 aliphatic carbocycles. The van der Waals surface area contributed by atoms with Crippen molar-refractivity contribution in [1.82, 2.24) is 19.7 Å². The van der Waals surface area contributed by atoms with Crippen LogP contribution in [0.4, 0.5) is 0 Å². The Balaban J connectivity index is 2.76. The highest BCUT2D eigenvalue weighted by Gasteiger charge is 2.14. The fourth-order valence-electron chi connectivity index (χ4n) is 1.60. The quantitative estimate of drug-likeness (QED) is 0.706. The predicted octanol–water partition coefficient (Wildman–Crippen LogP) is -0.0481. The number of ether oxygens (including phenoxy) is 1. The van der Waals surface area contributed by atoms with Crippen molar-refractivity contribution < 1.29 is 9.84 Å². The molecule has 1 aromatic heterocycles. The second kappa shape index (κ2) is 7.45. The van der Waals surface area contributed by atoms with E-state index in [0.717, 1.165) is 18.1 Å². The summed E-state index contributed by atoms with van der Waals surface area (Å²) in [6.07, 6.45) is 1.53. The lowest BCUT2D eigenvalue weighted by molar-refractivity contribution is 0.200. The molecule has 1 heterocycles. The van der Waals surface area contributed by atoms with Crippen LogP contribution in [0.25, 0.3) is 0 Å². The van der Waals surface area contributed by atoms with Gasteiger partial charge in [-0.2, -0.15) is 5.10 Å². The van der Waals surface area contributed by atoms with Gasteiger partial charge in [0, 0.05) is 26.0 Å². The Kier molecular flexibility index (Phi) is 6.24. The van der Waals surface area contributed by atoms with Crippen molar-refractivity contribution in [3.8, 4) is 0 Å². The van der Waals surface area contributed by atoms with Crippen LogP contribution < -0.4 is 0 Å². The smallest absolute Gasteiger partial charge is 0.153 e. The van der Waals surface area contributed by atoms with Gasteiger partial charge in [-0.3, -0.25) is 0 Å². The summed E-state index contributed by atoms with van der Waals surface area (Å²) in [7, 11) is 5.76. The zero-order chi connectivity index (χ0) is 13.5. The maximum absolute atomic E-state index is 9.05. The number of likely N-dealkylation sites (N-methyl/N-ethyl adjacent to an activating group) is 1. The first-order valence-electron chi connectivity index (χ1n) is 6.27. The molecule has 0 radical (unpaired) electrons. The molecular formula is C12H24N4O2. The third kappa shape index (κ3) is 4.36. The summed E-state index contributed by atoms with van der Waals surface area (Å²) >= 11 is 0.